The average molecular weight is 447 g/mol. The summed E-state index contributed by atoms with van der Waals surface area (Å²) < 4.78 is 10.9. The van der Waals surface area contributed by atoms with E-state index in [-0.39, 0.29) is 17.7 Å². The molecule has 1 spiro atoms. The van der Waals surface area contributed by atoms with Gasteiger partial charge < -0.3 is 30.0 Å². The van der Waals surface area contributed by atoms with Gasteiger partial charge in [-0.05, 0) is 49.1 Å². The number of ether oxygens (including phenoxy) is 2. The highest BCUT2D eigenvalue weighted by atomic mass is 16.5. The van der Waals surface area contributed by atoms with Crippen LogP contribution in [-0.4, -0.2) is 54.7 Å². The summed E-state index contributed by atoms with van der Waals surface area (Å²) in [6, 6.07) is 13.1. The van der Waals surface area contributed by atoms with Crippen LogP contribution < -0.4 is 20.1 Å². The molecule has 8 nitrogen and oxygen atoms in total. The van der Waals surface area contributed by atoms with Gasteiger partial charge in [-0.15, -0.1) is 0 Å². The third-order valence-corrected chi connectivity index (χ3v) is 7.52. The van der Waals surface area contributed by atoms with Gasteiger partial charge in [-0.25, -0.2) is 0 Å². The predicted molar refractivity (Wildman–Crippen MR) is 124 cm³/mol. The van der Waals surface area contributed by atoms with Crippen LogP contribution in [0.15, 0.2) is 42.5 Å². The molecule has 6 rings (SSSR count). The number of aromatic nitrogens is 1. The maximum Gasteiger partial charge on any atom is 0.270 e. The Hall–Kier alpha value is -3.68. The second kappa shape index (κ2) is 7.16. The molecule has 0 radical (unpaired) electrons. The zero-order valence-corrected chi connectivity index (χ0v) is 18.6. The van der Waals surface area contributed by atoms with Gasteiger partial charge in [0.05, 0.1) is 25.3 Å². The molecule has 2 fully saturated rings. The molecule has 2 aromatic carbocycles. The van der Waals surface area contributed by atoms with Crippen LogP contribution in [-0.2, 0) is 0 Å². The fourth-order valence-corrected chi connectivity index (χ4v) is 5.93. The first-order valence-electron chi connectivity index (χ1n) is 11.3. The molecular formula is C25H26N4O4. The van der Waals surface area contributed by atoms with Gasteiger partial charge in [0, 0.05) is 30.1 Å². The average Bonchev–Trinajstić information content (AvgIpc) is 3.53. The topological polar surface area (TPSA) is 95.7 Å². The molecule has 3 atom stereocenters. The molecule has 0 bridgehead atoms. The number of likely N-dealkylation sites (tertiary alicyclic amines) is 1. The van der Waals surface area contributed by atoms with Crippen molar-refractivity contribution in [1.82, 2.24) is 15.2 Å². The quantitative estimate of drug-likeness (QED) is 0.574. The minimum absolute atomic E-state index is 0.0513. The SMILES string of the molecule is COc1ccc(OC)c2[nH]c(C(=O)N3C[C@H]4CC[C@]5(NC(=O)c6ccccc6N5)[C@H]4C3)cc12. The molecule has 2 amide bonds. The fraction of sp³-hybridized carbons (Fsp3) is 0.360. The third-order valence-electron chi connectivity index (χ3n) is 7.52. The molecule has 2 aliphatic heterocycles. The van der Waals surface area contributed by atoms with Gasteiger partial charge in [-0.3, -0.25) is 9.59 Å². The molecule has 170 valence electrons. The Balaban J connectivity index is 1.28. The Morgan fingerprint density at radius 1 is 1.06 bits per heavy atom. The highest BCUT2D eigenvalue weighted by molar-refractivity contribution is 6.03. The third kappa shape index (κ3) is 2.90. The number of rotatable bonds is 3. The summed E-state index contributed by atoms with van der Waals surface area (Å²) >= 11 is 0. The van der Waals surface area contributed by atoms with Gasteiger partial charge in [0.1, 0.15) is 22.9 Å². The number of H-pyrrole nitrogens is 1. The summed E-state index contributed by atoms with van der Waals surface area (Å²) in [4.78, 5) is 31.5. The Morgan fingerprint density at radius 3 is 2.67 bits per heavy atom. The number of amides is 2. The standard InChI is InChI=1S/C25H26N4O4/c1-32-20-7-8-21(33-2)22-16(20)11-19(26-22)24(31)29-12-14-9-10-25(17(14)13-29)27-18-6-4-3-5-15(18)23(30)28-25/h3-8,11,14,17,26-27H,9-10,12-13H2,1-2H3,(H,28,30)/t14-,17+,25+/m1/s1. The zero-order chi connectivity index (χ0) is 22.7. The molecule has 3 heterocycles. The van der Waals surface area contributed by atoms with E-state index in [9.17, 15) is 9.59 Å². The first-order valence-corrected chi connectivity index (χ1v) is 11.3. The Morgan fingerprint density at radius 2 is 1.85 bits per heavy atom. The summed E-state index contributed by atoms with van der Waals surface area (Å²) in [5.74, 6) is 1.72. The molecule has 3 aliphatic rings. The lowest BCUT2D eigenvalue weighted by Crippen LogP contribution is -2.61. The zero-order valence-electron chi connectivity index (χ0n) is 18.6. The number of carbonyl (C=O) groups excluding carboxylic acids is 2. The lowest BCUT2D eigenvalue weighted by Gasteiger charge is -2.41. The van der Waals surface area contributed by atoms with Gasteiger partial charge in [0.25, 0.3) is 11.8 Å². The molecule has 1 aliphatic carbocycles. The number of para-hydroxylation sites is 1. The van der Waals surface area contributed by atoms with E-state index in [0.29, 0.717) is 41.8 Å². The molecular weight excluding hydrogens is 420 g/mol. The van der Waals surface area contributed by atoms with Gasteiger partial charge in [-0.1, -0.05) is 12.1 Å². The number of hydrogen-bond donors (Lipinski definition) is 3. The van der Waals surface area contributed by atoms with Gasteiger partial charge in [-0.2, -0.15) is 0 Å². The number of hydrogen-bond acceptors (Lipinski definition) is 5. The van der Waals surface area contributed by atoms with Crippen LogP contribution in [0.25, 0.3) is 10.9 Å². The lowest BCUT2D eigenvalue weighted by atomic mass is 9.89. The lowest BCUT2D eigenvalue weighted by molar-refractivity contribution is 0.0763. The second-order valence-corrected chi connectivity index (χ2v) is 9.15. The molecule has 3 N–H and O–H groups in total. The van der Waals surface area contributed by atoms with Crippen molar-refractivity contribution in [2.45, 2.75) is 18.5 Å². The minimum atomic E-state index is -0.516. The number of nitrogens with zero attached hydrogens (tertiary/aromatic N) is 1. The molecule has 8 heteroatoms. The van der Waals surface area contributed by atoms with Crippen molar-refractivity contribution in [1.29, 1.82) is 0 Å². The number of fused-ring (bicyclic) bond motifs is 4. The Kier molecular flexibility index (Phi) is 4.33. The molecule has 1 saturated carbocycles. The summed E-state index contributed by atoms with van der Waals surface area (Å²) in [5.41, 5.74) is 2.26. The number of carbonyl (C=O) groups is 2. The number of methoxy groups -OCH3 is 2. The number of nitrogens with one attached hydrogen (secondary N) is 3. The maximum absolute atomic E-state index is 13.5. The fourth-order valence-electron chi connectivity index (χ4n) is 5.93. The van der Waals surface area contributed by atoms with Crippen LogP contribution in [0.4, 0.5) is 5.69 Å². The van der Waals surface area contributed by atoms with Crippen molar-refractivity contribution in [3.05, 3.63) is 53.7 Å². The van der Waals surface area contributed by atoms with Crippen LogP contribution in [0.5, 0.6) is 11.5 Å². The van der Waals surface area contributed by atoms with E-state index in [4.69, 9.17) is 9.47 Å². The van der Waals surface area contributed by atoms with Crippen molar-refractivity contribution >= 4 is 28.4 Å². The van der Waals surface area contributed by atoms with Gasteiger partial charge in [0.2, 0.25) is 0 Å². The van der Waals surface area contributed by atoms with E-state index in [1.807, 2.05) is 47.4 Å². The van der Waals surface area contributed by atoms with Crippen LogP contribution in [0, 0.1) is 11.8 Å². The molecule has 1 aromatic heterocycles. The predicted octanol–water partition coefficient (Wildman–Crippen LogP) is 3.22. The number of benzene rings is 2. The first kappa shape index (κ1) is 20.0. The van der Waals surface area contributed by atoms with E-state index < -0.39 is 5.66 Å². The van der Waals surface area contributed by atoms with Crippen LogP contribution in [0.2, 0.25) is 0 Å². The summed E-state index contributed by atoms with van der Waals surface area (Å²) in [6.07, 6.45) is 1.81. The smallest absolute Gasteiger partial charge is 0.270 e. The largest absolute Gasteiger partial charge is 0.496 e. The van der Waals surface area contributed by atoms with E-state index >= 15 is 0 Å². The minimum Gasteiger partial charge on any atom is -0.496 e. The Bertz CT molecular complexity index is 1240. The molecule has 33 heavy (non-hydrogen) atoms. The maximum atomic E-state index is 13.5. The number of aromatic amines is 1. The highest BCUT2D eigenvalue weighted by Crippen LogP contribution is 2.47. The highest BCUT2D eigenvalue weighted by Gasteiger charge is 2.55. The van der Waals surface area contributed by atoms with Crippen LogP contribution in [0.3, 0.4) is 0 Å². The van der Waals surface area contributed by atoms with Crippen molar-refractivity contribution in [2.75, 3.05) is 32.6 Å². The Labute approximate surface area is 191 Å². The van der Waals surface area contributed by atoms with Crippen molar-refractivity contribution in [2.24, 2.45) is 11.8 Å². The van der Waals surface area contributed by atoms with Gasteiger partial charge >= 0.3 is 0 Å². The van der Waals surface area contributed by atoms with Crippen LogP contribution in [0.1, 0.15) is 33.7 Å². The number of anilines is 1. The summed E-state index contributed by atoms with van der Waals surface area (Å²) in [6.45, 7) is 1.26. The second-order valence-electron chi connectivity index (χ2n) is 9.15. The van der Waals surface area contributed by atoms with E-state index in [2.05, 4.69) is 15.6 Å². The van der Waals surface area contributed by atoms with Crippen molar-refractivity contribution < 1.29 is 19.1 Å². The molecule has 3 aromatic rings. The normalized spacial score (nSPS) is 25.5. The van der Waals surface area contributed by atoms with E-state index in [0.717, 1.165) is 29.4 Å². The summed E-state index contributed by atoms with van der Waals surface area (Å²) in [5, 5.41) is 7.67. The summed E-state index contributed by atoms with van der Waals surface area (Å²) in [7, 11) is 3.22. The molecule has 1 saturated heterocycles. The van der Waals surface area contributed by atoms with Crippen molar-refractivity contribution in [3.8, 4) is 11.5 Å². The van der Waals surface area contributed by atoms with Gasteiger partial charge in [0.15, 0.2) is 0 Å². The molecule has 0 unspecified atom stereocenters. The van der Waals surface area contributed by atoms with Crippen molar-refractivity contribution in [3.63, 3.8) is 0 Å². The van der Waals surface area contributed by atoms with E-state index in [1.165, 1.54) is 0 Å². The monoisotopic (exact) mass is 446 g/mol. The van der Waals surface area contributed by atoms with E-state index in [1.54, 1.807) is 14.2 Å². The van der Waals surface area contributed by atoms with Crippen LogP contribution >= 0.6 is 0 Å². The first-order chi connectivity index (χ1) is 16.0.